The lowest BCUT2D eigenvalue weighted by Crippen LogP contribution is -2.06. The number of nitrogens with zero attached hydrogens (tertiary/aromatic N) is 1. The van der Waals surface area contributed by atoms with Crippen molar-refractivity contribution in [2.75, 3.05) is 0 Å². The van der Waals surface area contributed by atoms with Gasteiger partial charge < -0.3 is 4.98 Å². The van der Waals surface area contributed by atoms with Crippen molar-refractivity contribution in [3.05, 3.63) is 38.5 Å². The van der Waals surface area contributed by atoms with Crippen molar-refractivity contribution in [3.63, 3.8) is 0 Å². The summed E-state index contributed by atoms with van der Waals surface area (Å²) in [7, 11) is 0. The number of nitrogens with one attached hydrogen (secondary N) is 1. The molecule has 0 saturated carbocycles. The zero-order valence-electron chi connectivity index (χ0n) is 6.04. The summed E-state index contributed by atoms with van der Waals surface area (Å²) in [5.74, 6) is 0. The molecule has 0 aromatic carbocycles. The van der Waals surface area contributed by atoms with Gasteiger partial charge in [0.05, 0.1) is 14.5 Å². The third-order valence-corrected chi connectivity index (χ3v) is 2.43. The predicted molar refractivity (Wildman–Crippen MR) is 55.1 cm³/mol. The van der Waals surface area contributed by atoms with E-state index in [0.717, 1.165) is 9.09 Å². The first kappa shape index (κ1) is 7.72. The average Bonchev–Trinajstić information content (AvgIpc) is 2.12. The van der Waals surface area contributed by atoms with Crippen LogP contribution in [0.25, 0.3) is 10.9 Å². The van der Waals surface area contributed by atoms with Gasteiger partial charge >= 0.3 is 0 Å². The van der Waals surface area contributed by atoms with Crippen LogP contribution in [-0.4, -0.2) is 9.97 Å². The standard InChI is InChI=1S/C8H5IN2O/c9-6-4-11-8(12)5-2-1-3-10-7(5)6/h1-4H,(H,11,12). The molecule has 0 atom stereocenters. The Balaban J connectivity index is 3.05. The van der Waals surface area contributed by atoms with Crippen LogP contribution < -0.4 is 5.56 Å². The number of hydrogen-bond donors (Lipinski definition) is 1. The fourth-order valence-corrected chi connectivity index (χ4v) is 1.64. The molecule has 12 heavy (non-hydrogen) atoms. The van der Waals surface area contributed by atoms with E-state index in [0.29, 0.717) is 5.39 Å². The lowest BCUT2D eigenvalue weighted by atomic mass is 10.3. The minimum absolute atomic E-state index is 0.0847. The van der Waals surface area contributed by atoms with E-state index in [1.54, 1.807) is 24.5 Å². The summed E-state index contributed by atoms with van der Waals surface area (Å²) in [6.45, 7) is 0. The van der Waals surface area contributed by atoms with E-state index >= 15 is 0 Å². The van der Waals surface area contributed by atoms with Gasteiger partial charge in [0.2, 0.25) is 0 Å². The van der Waals surface area contributed by atoms with Crippen LogP contribution in [0.4, 0.5) is 0 Å². The molecule has 0 amide bonds. The normalized spacial score (nSPS) is 10.4. The molecule has 1 N–H and O–H groups in total. The topological polar surface area (TPSA) is 45.8 Å². The molecular formula is C8H5IN2O. The molecule has 0 fully saturated rings. The third-order valence-electron chi connectivity index (χ3n) is 1.61. The highest BCUT2D eigenvalue weighted by Gasteiger charge is 2.00. The molecule has 0 aliphatic rings. The summed E-state index contributed by atoms with van der Waals surface area (Å²) in [6.07, 6.45) is 3.35. The van der Waals surface area contributed by atoms with Crippen molar-refractivity contribution in [2.24, 2.45) is 0 Å². The quantitative estimate of drug-likeness (QED) is 0.739. The lowest BCUT2D eigenvalue weighted by molar-refractivity contribution is 1.24. The van der Waals surface area contributed by atoms with Crippen LogP contribution in [0.3, 0.4) is 0 Å². The largest absolute Gasteiger partial charge is 0.327 e. The Morgan fingerprint density at radius 1 is 1.50 bits per heavy atom. The van der Waals surface area contributed by atoms with Crippen molar-refractivity contribution in [1.29, 1.82) is 0 Å². The van der Waals surface area contributed by atoms with Crippen LogP contribution in [0.1, 0.15) is 0 Å². The molecule has 3 nitrogen and oxygen atoms in total. The molecule has 0 unspecified atom stereocenters. The molecule has 0 aliphatic heterocycles. The van der Waals surface area contributed by atoms with Gasteiger partial charge in [-0.15, -0.1) is 0 Å². The van der Waals surface area contributed by atoms with Gasteiger partial charge in [-0.05, 0) is 34.7 Å². The van der Waals surface area contributed by atoms with Gasteiger partial charge in [-0.1, -0.05) is 0 Å². The van der Waals surface area contributed by atoms with Gasteiger partial charge in [-0.2, -0.15) is 0 Å². The molecule has 2 rings (SSSR count). The van der Waals surface area contributed by atoms with Crippen molar-refractivity contribution >= 4 is 33.5 Å². The SMILES string of the molecule is O=c1[nH]cc(I)c2ncccc12. The number of rotatable bonds is 0. The highest BCUT2D eigenvalue weighted by Crippen LogP contribution is 2.12. The Bertz CT molecular complexity index is 478. The summed E-state index contributed by atoms with van der Waals surface area (Å²) in [6, 6.07) is 3.52. The van der Waals surface area contributed by atoms with Gasteiger partial charge in [0.15, 0.2) is 0 Å². The summed E-state index contributed by atoms with van der Waals surface area (Å²) >= 11 is 2.14. The number of H-pyrrole nitrogens is 1. The minimum atomic E-state index is -0.0847. The summed E-state index contributed by atoms with van der Waals surface area (Å²) < 4.78 is 0.961. The molecule has 2 heterocycles. The first-order chi connectivity index (χ1) is 5.79. The summed E-state index contributed by atoms with van der Waals surface area (Å²) in [4.78, 5) is 18.0. The van der Waals surface area contributed by atoms with E-state index < -0.39 is 0 Å². The Labute approximate surface area is 82.0 Å². The van der Waals surface area contributed by atoms with Crippen LogP contribution in [-0.2, 0) is 0 Å². The Hall–Kier alpha value is -0.910. The lowest BCUT2D eigenvalue weighted by Gasteiger charge is -1.96. The van der Waals surface area contributed by atoms with Crippen molar-refractivity contribution in [3.8, 4) is 0 Å². The summed E-state index contributed by atoms with van der Waals surface area (Å²) in [5, 5.41) is 0.643. The van der Waals surface area contributed by atoms with Crippen LogP contribution in [0, 0.1) is 3.57 Å². The van der Waals surface area contributed by atoms with E-state index in [-0.39, 0.29) is 5.56 Å². The van der Waals surface area contributed by atoms with E-state index in [1.165, 1.54) is 0 Å². The maximum Gasteiger partial charge on any atom is 0.257 e. The second-order valence-electron chi connectivity index (χ2n) is 2.37. The highest BCUT2D eigenvalue weighted by atomic mass is 127. The second-order valence-corrected chi connectivity index (χ2v) is 3.53. The molecule has 0 spiro atoms. The fraction of sp³-hybridized carbons (Fsp3) is 0. The molecule has 0 aliphatic carbocycles. The number of aromatic amines is 1. The van der Waals surface area contributed by atoms with Crippen molar-refractivity contribution in [2.45, 2.75) is 0 Å². The van der Waals surface area contributed by atoms with Crippen LogP contribution in [0.5, 0.6) is 0 Å². The first-order valence-corrected chi connectivity index (χ1v) is 4.49. The smallest absolute Gasteiger partial charge is 0.257 e. The van der Waals surface area contributed by atoms with Crippen LogP contribution in [0.15, 0.2) is 29.3 Å². The van der Waals surface area contributed by atoms with Crippen molar-refractivity contribution < 1.29 is 0 Å². The second kappa shape index (κ2) is 2.85. The van der Waals surface area contributed by atoms with Crippen molar-refractivity contribution in [1.82, 2.24) is 9.97 Å². The molecule has 60 valence electrons. The minimum Gasteiger partial charge on any atom is -0.327 e. The van der Waals surface area contributed by atoms with Crippen LogP contribution in [0.2, 0.25) is 0 Å². The first-order valence-electron chi connectivity index (χ1n) is 3.41. The molecule has 0 radical (unpaired) electrons. The van der Waals surface area contributed by atoms with Gasteiger partial charge in [0.25, 0.3) is 5.56 Å². The zero-order valence-corrected chi connectivity index (χ0v) is 8.20. The predicted octanol–water partition coefficient (Wildman–Crippen LogP) is 1.53. The van der Waals surface area contributed by atoms with E-state index in [4.69, 9.17) is 0 Å². The maximum atomic E-state index is 11.2. The number of pyridine rings is 2. The van der Waals surface area contributed by atoms with E-state index in [1.807, 2.05) is 0 Å². The van der Waals surface area contributed by atoms with Crippen LogP contribution >= 0.6 is 22.6 Å². The number of halogens is 1. The third kappa shape index (κ3) is 1.12. The molecule has 0 saturated heterocycles. The monoisotopic (exact) mass is 272 g/mol. The van der Waals surface area contributed by atoms with Gasteiger partial charge in [-0.3, -0.25) is 9.78 Å². The fourth-order valence-electron chi connectivity index (χ4n) is 1.05. The molecule has 2 aromatic rings. The summed E-state index contributed by atoms with van der Waals surface area (Å²) in [5.41, 5.74) is 0.681. The Morgan fingerprint density at radius 3 is 3.08 bits per heavy atom. The van der Waals surface area contributed by atoms with E-state index in [2.05, 4.69) is 32.6 Å². The number of fused-ring (bicyclic) bond motifs is 1. The number of aromatic nitrogens is 2. The Morgan fingerprint density at radius 2 is 2.33 bits per heavy atom. The number of hydrogen-bond acceptors (Lipinski definition) is 2. The molecular weight excluding hydrogens is 267 g/mol. The molecule has 2 aromatic heterocycles. The average molecular weight is 272 g/mol. The molecule has 0 bridgehead atoms. The van der Waals surface area contributed by atoms with Gasteiger partial charge in [0.1, 0.15) is 0 Å². The van der Waals surface area contributed by atoms with Gasteiger partial charge in [0, 0.05) is 12.4 Å². The highest BCUT2D eigenvalue weighted by molar-refractivity contribution is 14.1. The van der Waals surface area contributed by atoms with E-state index in [9.17, 15) is 4.79 Å². The zero-order chi connectivity index (χ0) is 8.55. The maximum absolute atomic E-state index is 11.2. The molecule has 4 heteroatoms. The Kier molecular flexibility index (Phi) is 1.84. The van der Waals surface area contributed by atoms with Gasteiger partial charge in [-0.25, -0.2) is 0 Å².